The third-order valence-electron chi connectivity index (χ3n) is 6.08. The van der Waals surface area contributed by atoms with Crippen molar-refractivity contribution in [3.8, 4) is 23.0 Å². The Kier molecular flexibility index (Phi) is 9.89. The van der Waals surface area contributed by atoms with Crippen LogP contribution in [-0.2, 0) is 22.8 Å². The molecule has 6 heteroatoms. The van der Waals surface area contributed by atoms with E-state index in [1.165, 1.54) is 0 Å². The SMILES string of the molecule is COc1cc(/C=C(C=O)/C(C=O)=C/c2ccc(OCc3ccccc3)c(OC)c2)ccc1OCc1ccccc1. The van der Waals surface area contributed by atoms with Gasteiger partial charge in [0.2, 0.25) is 0 Å². The number of ether oxygens (including phenoxy) is 4. The molecule has 0 aliphatic carbocycles. The molecule has 4 aromatic carbocycles. The van der Waals surface area contributed by atoms with Crippen LogP contribution < -0.4 is 18.9 Å². The lowest BCUT2D eigenvalue weighted by Crippen LogP contribution is -1.99. The number of methoxy groups -OCH3 is 2. The summed E-state index contributed by atoms with van der Waals surface area (Å²) in [6.07, 6.45) is 4.57. The van der Waals surface area contributed by atoms with Gasteiger partial charge in [-0.3, -0.25) is 9.59 Å². The van der Waals surface area contributed by atoms with E-state index in [0.29, 0.717) is 59.9 Å². The molecule has 0 fully saturated rings. The van der Waals surface area contributed by atoms with Crippen LogP contribution in [-0.4, -0.2) is 26.8 Å². The second-order valence-electron chi connectivity index (χ2n) is 8.80. The maximum Gasteiger partial charge on any atom is 0.161 e. The molecule has 4 rings (SSSR count). The van der Waals surface area contributed by atoms with Gasteiger partial charge in [0.25, 0.3) is 0 Å². The average Bonchev–Trinajstić information content (AvgIpc) is 3.02. The number of allylic oxidation sites excluding steroid dienone is 2. The Bertz CT molecular complexity index is 1370. The summed E-state index contributed by atoms with van der Waals surface area (Å²) in [4.78, 5) is 24.0. The number of rotatable bonds is 13. The highest BCUT2D eigenvalue weighted by atomic mass is 16.5. The number of carbonyl (C=O) groups is 2. The van der Waals surface area contributed by atoms with Crippen molar-refractivity contribution >= 4 is 24.7 Å². The first kappa shape index (κ1) is 27.9. The molecule has 0 N–H and O–H groups in total. The molecule has 0 atom stereocenters. The lowest BCUT2D eigenvalue weighted by Gasteiger charge is -2.12. The van der Waals surface area contributed by atoms with E-state index < -0.39 is 0 Å². The molecular weight excluding hydrogens is 504 g/mol. The van der Waals surface area contributed by atoms with Crippen molar-refractivity contribution in [2.45, 2.75) is 13.2 Å². The van der Waals surface area contributed by atoms with Crippen LogP contribution in [0.2, 0.25) is 0 Å². The Labute approximate surface area is 234 Å². The molecule has 0 amide bonds. The summed E-state index contributed by atoms with van der Waals surface area (Å²) in [6.45, 7) is 0.785. The summed E-state index contributed by atoms with van der Waals surface area (Å²) < 4.78 is 22.8. The van der Waals surface area contributed by atoms with Crippen LogP contribution in [0.3, 0.4) is 0 Å². The second-order valence-corrected chi connectivity index (χ2v) is 8.80. The Morgan fingerprint density at radius 2 is 0.950 bits per heavy atom. The van der Waals surface area contributed by atoms with Crippen LogP contribution in [0.25, 0.3) is 12.2 Å². The van der Waals surface area contributed by atoms with E-state index in [2.05, 4.69) is 0 Å². The van der Waals surface area contributed by atoms with E-state index in [1.54, 1.807) is 62.8 Å². The van der Waals surface area contributed by atoms with Crippen LogP contribution >= 0.6 is 0 Å². The van der Waals surface area contributed by atoms with Gasteiger partial charge in [0.1, 0.15) is 13.2 Å². The normalized spacial score (nSPS) is 11.4. The maximum absolute atomic E-state index is 12.0. The molecule has 202 valence electrons. The summed E-state index contributed by atoms with van der Waals surface area (Å²) in [5.41, 5.74) is 3.87. The number of benzene rings is 4. The maximum atomic E-state index is 12.0. The van der Waals surface area contributed by atoms with E-state index in [4.69, 9.17) is 18.9 Å². The molecule has 0 heterocycles. The lowest BCUT2D eigenvalue weighted by atomic mass is 10.0. The van der Waals surface area contributed by atoms with Gasteiger partial charge in [0.15, 0.2) is 35.6 Å². The molecule has 4 aromatic rings. The summed E-state index contributed by atoms with van der Waals surface area (Å²) in [6, 6.07) is 30.3. The standard InChI is InChI=1S/C34H30O6/c1-37-33-19-27(13-15-31(33)39-23-25-9-5-3-6-10-25)17-29(21-35)30(22-36)18-28-14-16-32(34(20-28)38-2)40-24-26-11-7-4-8-12-26/h3-22H,23-24H2,1-2H3/b29-17+,30-18+. The summed E-state index contributed by atoms with van der Waals surface area (Å²) in [5.74, 6) is 2.18. The minimum Gasteiger partial charge on any atom is -0.493 e. The highest BCUT2D eigenvalue weighted by Gasteiger charge is 2.11. The highest BCUT2D eigenvalue weighted by molar-refractivity contribution is 6.02. The van der Waals surface area contributed by atoms with Crippen molar-refractivity contribution in [2.75, 3.05) is 14.2 Å². The molecule has 0 aliphatic rings. The van der Waals surface area contributed by atoms with Gasteiger partial charge in [-0.05, 0) is 58.7 Å². The molecule has 6 nitrogen and oxygen atoms in total. The van der Waals surface area contributed by atoms with Crippen molar-refractivity contribution in [3.63, 3.8) is 0 Å². The first-order valence-electron chi connectivity index (χ1n) is 12.7. The molecule has 0 aliphatic heterocycles. The molecule has 0 aromatic heterocycles. The molecule has 0 radical (unpaired) electrons. The number of hydrogen-bond acceptors (Lipinski definition) is 6. The Morgan fingerprint density at radius 3 is 1.30 bits per heavy atom. The van der Waals surface area contributed by atoms with Crippen molar-refractivity contribution in [1.29, 1.82) is 0 Å². The van der Waals surface area contributed by atoms with Gasteiger partial charge in [-0.15, -0.1) is 0 Å². The monoisotopic (exact) mass is 534 g/mol. The average molecular weight is 535 g/mol. The van der Waals surface area contributed by atoms with E-state index in [0.717, 1.165) is 11.1 Å². The third kappa shape index (κ3) is 7.48. The molecule has 40 heavy (non-hydrogen) atoms. The van der Waals surface area contributed by atoms with Gasteiger partial charge in [0, 0.05) is 11.1 Å². The van der Waals surface area contributed by atoms with E-state index in [-0.39, 0.29) is 11.1 Å². The minimum absolute atomic E-state index is 0.221. The first-order chi connectivity index (χ1) is 19.6. The zero-order chi connectivity index (χ0) is 28.2. The van der Waals surface area contributed by atoms with Crippen molar-refractivity contribution in [1.82, 2.24) is 0 Å². The Hall–Kier alpha value is -5.10. The van der Waals surface area contributed by atoms with Crippen molar-refractivity contribution in [2.24, 2.45) is 0 Å². The van der Waals surface area contributed by atoms with Crippen LogP contribution in [0.5, 0.6) is 23.0 Å². The molecular formula is C34H30O6. The molecule has 0 saturated carbocycles. The van der Waals surface area contributed by atoms with E-state index >= 15 is 0 Å². The fraction of sp³-hybridized carbons (Fsp3) is 0.118. The zero-order valence-corrected chi connectivity index (χ0v) is 22.4. The predicted octanol–water partition coefficient (Wildman–Crippen LogP) is 6.73. The smallest absolute Gasteiger partial charge is 0.161 e. The van der Waals surface area contributed by atoms with Crippen molar-refractivity contribution in [3.05, 3.63) is 130 Å². The fourth-order valence-corrected chi connectivity index (χ4v) is 3.99. The zero-order valence-electron chi connectivity index (χ0n) is 22.4. The topological polar surface area (TPSA) is 71.1 Å². The van der Waals surface area contributed by atoms with Gasteiger partial charge < -0.3 is 18.9 Å². The largest absolute Gasteiger partial charge is 0.493 e. The van der Waals surface area contributed by atoms with Crippen LogP contribution in [0.15, 0.2) is 108 Å². The van der Waals surface area contributed by atoms with Crippen LogP contribution in [0.4, 0.5) is 0 Å². The molecule has 0 saturated heterocycles. The van der Waals surface area contributed by atoms with Gasteiger partial charge in [-0.1, -0.05) is 72.8 Å². The van der Waals surface area contributed by atoms with Crippen LogP contribution in [0.1, 0.15) is 22.3 Å². The third-order valence-corrected chi connectivity index (χ3v) is 6.08. The summed E-state index contributed by atoms with van der Waals surface area (Å²) in [7, 11) is 3.10. The Balaban J connectivity index is 1.53. The summed E-state index contributed by atoms with van der Waals surface area (Å²) >= 11 is 0. The van der Waals surface area contributed by atoms with E-state index in [9.17, 15) is 9.59 Å². The summed E-state index contributed by atoms with van der Waals surface area (Å²) in [5, 5.41) is 0. The Morgan fingerprint density at radius 1 is 0.550 bits per heavy atom. The lowest BCUT2D eigenvalue weighted by molar-refractivity contribution is -0.107. The number of carbonyl (C=O) groups excluding carboxylic acids is 2. The highest BCUT2D eigenvalue weighted by Crippen LogP contribution is 2.32. The molecule has 0 spiro atoms. The van der Waals surface area contributed by atoms with Crippen LogP contribution in [0, 0.1) is 0 Å². The minimum atomic E-state index is 0.221. The fourth-order valence-electron chi connectivity index (χ4n) is 3.99. The first-order valence-corrected chi connectivity index (χ1v) is 12.7. The van der Waals surface area contributed by atoms with E-state index in [1.807, 2.05) is 60.7 Å². The van der Waals surface area contributed by atoms with Gasteiger partial charge in [-0.25, -0.2) is 0 Å². The predicted molar refractivity (Wildman–Crippen MR) is 156 cm³/mol. The van der Waals surface area contributed by atoms with Gasteiger partial charge in [0.05, 0.1) is 14.2 Å². The quantitative estimate of drug-likeness (QED) is 0.108. The van der Waals surface area contributed by atoms with Gasteiger partial charge in [-0.2, -0.15) is 0 Å². The number of hydrogen-bond donors (Lipinski definition) is 0. The van der Waals surface area contributed by atoms with Crippen molar-refractivity contribution < 1.29 is 28.5 Å². The molecule has 0 bridgehead atoms. The molecule has 0 unspecified atom stereocenters. The number of aldehydes is 2. The second kappa shape index (κ2) is 14.2. The van der Waals surface area contributed by atoms with Gasteiger partial charge >= 0.3 is 0 Å².